The molecule has 1 aliphatic carbocycles. The van der Waals surface area contributed by atoms with Gasteiger partial charge >= 0.3 is 24.1 Å². The number of carbonyl (C=O) groups is 5. The zero-order valence-electron chi connectivity index (χ0n) is 32.7. The van der Waals surface area contributed by atoms with Crippen LogP contribution in [0.2, 0.25) is 0 Å². The summed E-state index contributed by atoms with van der Waals surface area (Å²) in [4.78, 5) is 64.9. The van der Waals surface area contributed by atoms with Gasteiger partial charge in [0, 0.05) is 18.9 Å². The summed E-state index contributed by atoms with van der Waals surface area (Å²) in [7, 11) is 0. The number of amides is 3. The van der Waals surface area contributed by atoms with Crippen LogP contribution in [0.4, 0.5) is 9.59 Å². The van der Waals surface area contributed by atoms with Crippen molar-refractivity contribution in [2.45, 2.75) is 89.7 Å². The first-order valence-electron chi connectivity index (χ1n) is 19.3. The molecule has 4 aromatic carbocycles. The number of carbonyl (C=O) groups excluding carboxylic acids is 5. The van der Waals surface area contributed by atoms with Gasteiger partial charge in [-0.05, 0) is 79.8 Å². The van der Waals surface area contributed by atoms with Crippen LogP contribution in [0.3, 0.4) is 0 Å². The molecule has 300 valence electrons. The molecule has 0 saturated carbocycles. The molecule has 3 N–H and O–H groups in total. The lowest BCUT2D eigenvalue weighted by Gasteiger charge is -2.23. The second-order valence-corrected chi connectivity index (χ2v) is 14.8. The van der Waals surface area contributed by atoms with E-state index in [2.05, 4.69) is 28.1 Å². The SMILES string of the molecule is CC(C)(C)OC(=O)NC(CCCC(NC(=O)CCCNC(=O)OCC1c2ccccc2-c2ccccc21)C(=O)OCc1ccccc1)C(=O)OCc1ccccc1. The number of fused-ring (bicyclic) bond motifs is 3. The van der Waals surface area contributed by atoms with Crippen LogP contribution in [0.15, 0.2) is 109 Å². The number of alkyl carbamates (subject to hydrolysis) is 2. The second-order valence-electron chi connectivity index (χ2n) is 14.8. The van der Waals surface area contributed by atoms with Crippen molar-refractivity contribution in [3.05, 3.63) is 131 Å². The van der Waals surface area contributed by atoms with Gasteiger partial charge < -0.3 is 34.9 Å². The maximum Gasteiger partial charge on any atom is 0.408 e. The Morgan fingerprint density at radius 3 is 1.61 bits per heavy atom. The van der Waals surface area contributed by atoms with Gasteiger partial charge in [0.1, 0.15) is 37.5 Å². The summed E-state index contributed by atoms with van der Waals surface area (Å²) in [6, 6.07) is 32.3. The summed E-state index contributed by atoms with van der Waals surface area (Å²) in [6.07, 6.45) is -0.641. The van der Waals surface area contributed by atoms with E-state index < -0.39 is 47.7 Å². The van der Waals surface area contributed by atoms with Crippen LogP contribution >= 0.6 is 0 Å². The van der Waals surface area contributed by atoms with Crippen molar-refractivity contribution >= 4 is 30.0 Å². The van der Waals surface area contributed by atoms with Gasteiger partial charge in [-0.25, -0.2) is 19.2 Å². The normalized spacial score (nSPS) is 12.9. The van der Waals surface area contributed by atoms with E-state index in [4.69, 9.17) is 18.9 Å². The molecule has 0 heterocycles. The van der Waals surface area contributed by atoms with Gasteiger partial charge in [-0.2, -0.15) is 0 Å². The Morgan fingerprint density at radius 2 is 1.09 bits per heavy atom. The Labute approximate surface area is 333 Å². The van der Waals surface area contributed by atoms with E-state index in [0.29, 0.717) is 0 Å². The molecule has 2 atom stereocenters. The van der Waals surface area contributed by atoms with Crippen molar-refractivity contribution in [1.82, 2.24) is 16.0 Å². The number of esters is 2. The van der Waals surface area contributed by atoms with E-state index in [1.165, 1.54) is 0 Å². The summed E-state index contributed by atoms with van der Waals surface area (Å²) in [6.45, 7) is 5.49. The van der Waals surface area contributed by atoms with Crippen LogP contribution in [-0.4, -0.2) is 60.9 Å². The average Bonchev–Trinajstić information content (AvgIpc) is 3.52. The zero-order chi connectivity index (χ0) is 40.6. The Bertz CT molecular complexity index is 1920. The number of hydrogen-bond acceptors (Lipinski definition) is 9. The number of nitrogens with one attached hydrogen (secondary N) is 3. The third-order valence-corrected chi connectivity index (χ3v) is 9.22. The van der Waals surface area contributed by atoms with Gasteiger partial charge in [-0.1, -0.05) is 109 Å². The smallest absolute Gasteiger partial charge is 0.408 e. The molecule has 12 nitrogen and oxygen atoms in total. The summed E-state index contributed by atoms with van der Waals surface area (Å²) < 4.78 is 22.0. The van der Waals surface area contributed by atoms with Crippen LogP contribution in [0, 0.1) is 0 Å². The highest BCUT2D eigenvalue weighted by Gasteiger charge is 2.30. The van der Waals surface area contributed by atoms with E-state index in [1.807, 2.05) is 97.1 Å². The molecule has 5 rings (SSSR count). The first-order chi connectivity index (χ1) is 27.5. The van der Waals surface area contributed by atoms with Crippen molar-refractivity contribution in [3.63, 3.8) is 0 Å². The molecular weight excluding hydrogens is 727 g/mol. The maximum atomic E-state index is 13.3. The van der Waals surface area contributed by atoms with Crippen LogP contribution in [-0.2, 0) is 46.5 Å². The second kappa shape index (κ2) is 20.7. The Hall–Kier alpha value is -6.17. The number of benzene rings is 4. The highest BCUT2D eigenvalue weighted by atomic mass is 16.6. The lowest BCUT2D eigenvalue weighted by Crippen LogP contribution is -2.45. The molecule has 0 aromatic heterocycles. The van der Waals surface area contributed by atoms with Crippen LogP contribution in [0.25, 0.3) is 11.1 Å². The maximum absolute atomic E-state index is 13.3. The highest BCUT2D eigenvalue weighted by Crippen LogP contribution is 2.44. The molecule has 12 heteroatoms. The van der Waals surface area contributed by atoms with Gasteiger partial charge in [0.25, 0.3) is 0 Å². The monoisotopic (exact) mass is 777 g/mol. The first-order valence-corrected chi connectivity index (χ1v) is 19.3. The molecule has 57 heavy (non-hydrogen) atoms. The summed E-state index contributed by atoms with van der Waals surface area (Å²) in [5.74, 6) is -1.80. The number of hydrogen-bond donors (Lipinski definition) is 3. The quantitative estimate of drug-likeness (QED) is 0.0534. The molecule has 0 spiro atoms. The summed E-state index contributed by atoms with van der Waals surface area (Å²) >= 11 is 0. The number of rotatable bonds is 18. The van der Waals surface area contributed by atoms with E-state index in [-0.39, 0.29) is 64.4 Å². The molecular formula is C45H51N3O9. The van der Waals surface area contributed by atoms with Crippen molar-refractivity contribution < 1.29 is 42.9 Å². The molecule has 0 saturated heterocycles. The van der Waals surface area contributed by atoms with Crippen LogP contribution < -0.4 is 16.0 Å². The molecule has 0 bridgehead atoms. The van der Waals surface area contributed by atoms with E-state index in [9.17, 15) is 24.0 Å². The molecule has 1 aliphatic rings. The van der Waals surface area contributed by atoms with Gasteiger partial charge in [-0.15, -0.1) is 0 Å². The van der Waals surface area contributed by atoms with E-state index >= 15 is 0 Å². The van der Waals surface area contributed by atoms with Crippen LogP contribution in [0.5, 0.6) is 0 Å². The van der Waals surface area contributed by atoms with Crippen molar-refractivity contribution in [2.75, 3.05) is 13.2 Å². The Kier molecular flexibility index (Phi) is 15.2. The van der Waals surface area contributed by atoms with Gasteiger partial charge in [0.05, 0.1) is 0 Å². The fraction of sp³-hybridized carbons (Fsp3) is 0.356. The zero-order valence-corrected chi connectivity index (χ0v) is 32.7. The molecule has 2 unspecified atom stereocenters. The average molecular weight is 778 g/mol. The Morgan fingerprint density at radius 1 is 0.596 bits per heavy atom. The molecule has 3 amide bonds. The van der Waals surface area contributed by atoms with Crippen molar-refractivity contribution in [2.24, 2.45) is 0 Å². The van der Waals surface area contributed by atoms with Crippen molar-refractivity contribution in [1.29, 1.82) is 0 Å². The summed E-state index contributed by atoms with van der Waals surface area (Å²) in [5, 5.41) is 8.06. The summed E-state index contributed by atoms with van der Waals surface area (Å²) in [5.41, 5.74) is 5.24. The molecule has 0 radical (unpaired) electrons. The first kappa shape index (κ1) is 42.0. The highest BCUT2D eigenvalue weighted by molar-refractivity contribution is 5.85. The number of ether oxygens (including phenoxy) is 4. The standard InChI is InChI=1S/C45H51N3O9/c1-45(2,3)57-44(53)48-39(42(51)55-29-32-18-8-5-9-19-32)25-14-24-38(41(50)54-28-31-16-6-4-7-17-31)47-40(49)26-15-27-46-43(52)56-30-37-35-22-12-10-20-33(35)34-21-11-13-23-36(34)37/h4-13,16-23,37-39H,14-15,24-30H2,1-3H3,(H,46,52)(H,47,49)(H,48,53). The topological polar surface area (TPSA) is 158 Å². The van der Waals surface area contributed by atoms with Crippen molar-refractivity contribution in [3.8, 4) is 11.1 Å². The third kappa shape index (κ3) is 13.2. The van der Waals surface area contributed by atoms with Gasteiger partial charge in [0.2, 0.25) is 5.91 Å². The van der Waals surface area contributed by atoms with Crippen LogP contribution in [0.1, 0.15) is 81.0 Å². The fourth-order valence-electron chi connectivity index (χ4n) is 6.49. The predicted octanol–water partition coefficient (Wildman–Crippen LogP) is 7.34. The lowest BCUT2D eigenvalue weighted by atomic mass is 9.98. The molecule has 0 aliphatic heterocycles. The van der Waals surface area contributed by atoms with E-state index in [0.717, 1.165) is 33.4 Å². The van der Waals surface area contributed by atoms with Gasteiger partial charge in [-0.3, -0.25) is 4.79 Å². The third-order valence-electron chi connectivity index (χ3n) is 9.22. The largest absolute Gasteiger partial charge is 0.459 e. The molecule has 0 fully saturated rings. The minimum absolute atomic E-state index is 0.00470. The minimum Gasteiger partial charge on any atom is -0.459 e. The Balaban J connectivity index is 1.12. The van der Waals surface area contributed by atoms with Gasteiger partial charge in [0.15, 0.2) is 0 Å². The van der Waals surface area contributed by atoms with E-state index in [1.54, 1.807) is 20.8 Å². The molecule has 4 aromatic rings. The fourth-order valence-corrected chi connectivity index (χ4v) is 6.49. The minimum atomic E-state index is -1.08. The predicted molar refractivity (Wildman–Crippen MR) is 214 cm³/mol. The lowest BCUT2D eigenvalue weighted by molar-refractivity contribution is -0.149.